The molecule has 0 unspecified atom stereocenters. The Morgan fingerprint density at radius 2 is 1.94 bits per heavy atom. The van der Waals surface area contributed by atoms with Gasteiger partial charge in [-0.15, -0.1) is 0 Å². The first-order chi connectivity index (χ1) is 8.25. The van der Waals surface area contributed by atoms with Crippen LogP contribution >= 0.6 is 0 Å². The summed E-state index contributed by atoms with van der Waals surface area (Å²) in [6, 6.07) is 11.8. The average Bonchev–Trinajstić information content (AvgIpc) is 2.37. The first-order valence-electron chi connectivity index (χ1n) is 5.41. The number of benzene rings is 1. The first kappa shape index (κ1) is 11.3. The normalized spacial score (nSPS) is 11.3. The van der Waals surface area contributed by atoms with Gasteiger partial charge < -0.3 is 0 Å². The van der Waals surface area contributed by atoms with E-state index < -0.39 is 0 Å². The fourth-order valence-electron chi connectivity index (χ4n) is 1.38. The van der Waals surface area contributed by atoms with E-state index in [4.69, 9.17) is 0 Å². The van der Waals surface area contributed by atoms with E-state index in [0.717, 1.165) is 17.0 Å². The molecule has 0 atom stereocenters. The van der Waals surface area contributed by atoms with Crippen molar-refractivity contribution >= 4 is 11.7 Å². The van der Waals surface area contributed by atoms with E-state index in [0.29, 0.717) is 5.95 Å². The zero-order valence-corrected chi connectivity index (χ0v) is 9.88. The quantitative estimate of drug-likeness (QED) is 0.646. The largest absolute Gasteiger partial charge is 0.245 e. The molecule has 0 aliphatic heterocycles. The molecular weight excluding hydrogens is 212 g/mol. The second-order valence-corrected chi connectivity index (χ2v) is 3.70. The van der Waals surface area contributed by atoms with E-state index in [1.165, 1.54) is 0 Å². The molecule has 0 fully saturated rings. The number of rotatable bonds is 3. The number of nitrogens with one attached hydrogen (secondary N) is 1. The molecule has 0 amide bonds. The zero-order chi connectivity index (χ0) is 12.1. The number of anilines is 1. The average molecular weight is 226 g/mol. The minimum Gasteiger partial charge on any atom is -0.245 e. The molecular formula is C13H14N4. The zero-order valence-electron chi connectivity index (χ0n) is 9.88. The van der Waals surface area contributed by atoms with Gasteiger partial charge in [-0.2, -0.15) is 5.10 Å². The van der Waals surface area contributed by atoms with Gasteiger partial charge in [0.2, 0.25) is 5.95 Å². The lowest BCUT2D eigenvalue weighted by Gasteiger charge is -2.02. The van der Waals surface area contributed by atoms with Crippen LogP contribution < -0.4 is 5.43 Å². The Balaban J connectivity index is 2.11. The van der Waals surface area contributed by atoms with E-state index >= 15 is 0 Å². The molecule has 0 aliphatic rings. The topological polar surface area (TPSA) is 50.2 Å². The van der Waals surface area contributed by atoms with Crippen LogP contribution in [-0.2, 0) is 0 Å². The summed E-state index contributed by atoms with van der Waals surface area (Å²) in [5, 5.41) is 4.25. The Labute approximate surface area is 100 Å². The Morgan fingerprint density at radius 1 is 1.18 bits per heavy atom. The smallest absolute Gasteiger partial charge is 0.243 e. The number of hydrogen-bond acceptors (Lipinski definition) is 4. The Hall–Kier alpha value is -2.23. The number of hydrazone groups is 1. The lowest BCUT2D eigenvalue weighted by molar-refractivity contribution is 1.07. The minimum atomic E-state index is 0.514. The van der Waals surface area contributed by atoms with Gasteiger partial charge in [0.25, 0.3) is 0 Å². The summed E-state index contributed by atoms with van der Waals surface area (Å²) in [6.07, 6.45) is 1.71. The molecule has 2 aromatic rings. The van der Waals surface area contributed by atoms with Crippen molar-refractivity contribution in [2.45, 2.75) is 13.8 Å². The summed E-state index contributed by atoms with van der Waals surface area (Å²) < 4.78 is 0. The van der Waals surface area contributed by atoms with Crippen LogP contribution in [0.3, 0.4) is 0 Å². The third-order valence-electron chi connectivity index (χ3n) is 2.31. The second kappa shape index (κ2) is 5.21. The van der Waals surface area contributed by atoms with Crippen LogP contribution in [0.25, 0.3) is 0 Å². The van der Waals surface area contributed by atoms with Gasteiger partial charge in [-0.3, -0.25) is 0 Å². The van der Waals surface area contributed by atoms with Crippen LogP contribution in [0.4, 0.5) is 5.95 Å². The molecule has 4 nitrogen and oxygen atoms in total. The summed E-state index contributed by atoms with van der Waals surface area (Å²) >= 11 is 0. The van der Waals surface area contributed by atoms with Gasteiger partial charge in [0.05, 0.1) is 5.71 Å². The van der Waals surface area contributed by atoms with Crippen LogP contribution in [0.15, 0.2) is 47.7 Å². The van der Waals surface area contributed by atoms with E-state index in [9.17, 15) is 0 Å². The first-order valence-corrected chi connectivity index (χ1v) is 5.41. The lowest BCUT2D eigenvalue weighted by Crippen LogP contribution is -2.02. The molecule has 1 aromatic heterocycles. The molecule has 0 aliphatic carbocycles. The van der Waals surface area contributed by atoms with E-state index in [1.54, 1.807) is 6.20 Å². The van der Waals surface area contributed by atoms with E-state index in [-0.39, 0.29) is 0 Å². The Morgan fingerprint density at radius 3 is 2.65 bits per heavy atom. The number of hydrogen-bond donors (Lipinski definition) is 1. The van der Waals surface area contributed by atoms with Crippen molar-refractivity contribution in [2.75, 3.05) is 5.43 Å². The predicted molar refractivity (Wildman–Crippen MR) is 69.0 cm³/mol. The molecule has 0 spiro atoms. The number of aromatic nitrogens is 2. The maximum Gasteiger partial charge on any atom is 0.243 e. The summed E-state index contributed by atoms with van der Waals surface area (Å²) in [7, 11) is 0. The Bertz CT molecular complexity index is 520. The third-order valence-corrected chi connectivity index (χ3v) is 2.31. The monoisotopic (exact) mass is 226 g/mol. The molecule has 1 aromatic carbocycles. The van der Waals surface area contributed by atoms with Gasteiger partial charge in [0.1, 0.15) is 0 Å². The van der Waals surface area contributed by atoms with Gasteiger partial charge in [-0.05, 0) is 25.5 Å². The SMILES string of the molecule is C/C(=N/Nc1nccc(C)n1)c1ccccc1. The summed E-state index contributed by atoms with van der Waals surface area (Å²) in [6.45, 7) is 3.86. The van der Waals surface area contributed by atoms with Crippen LogP contribution in [0.1, 0.15) is 18.2 Å². The fourth-order valence-corrected chi connectivity index (χ4v) is 1.38. The van der Waals surface area contributed by atoms with Crippen LogP contribution in [0, 0.1) is 6.92 Å². The maximum absolute atomic E-state index is 4.25. The van der Waals surface area contributed by atoms with E-state index in [1.807, 2.05) is 50.2 Å². The van der Waals surface area contributed by atoms with Crippen molar-refractivity contribution in [1.82, 2.24) is 9.97 Å². The van der Waals surface area contributed by atoms with Crippen LogP contribution in [0.2, 0.25) is 0 Å². The highest BCUT2D eigenvalue weighted by molar-refractivity contribution is 5.98. The number of nitrogens with zero attached hydrogens (tertiary/aromatic N) is 3. The molecule has 1 N–H and O–H groups in total. The highest BCUT2D eigenvalue weighted by Crippen LogP contribution is 2.03. The highest BCUT2D eigenvalue weighted by atomic mass is 15.3. The maximum atomic E-state index is 4.25. The van der Waals surface area contributed by atoms with Gasteiger partial charge in [-0.25, -0.2) is 15.4 Å². The van der Waals surface area contributed by atoms with Gasteiger partial charge in [-0.1, -0.05) is 30.3 Å². The Kier molecular flexibility index (Phi) is 3.45. The van der Waals surface area contributed by atoms with Crippen molar-refractivity contribution in [3.63, 3.8) is 0 Å². The van der Waals surface area contributed by atoms with E-state index in [2.05, 4.69) is 20.5 Å². The highest BCUT2D eigenvalue weighted by Gasteiger charge is 1.97. The van der Waals surface area contributed by atoms with Crippen molar-refractivity contribution in [3.05, 3.63) is 53.9 Å². The standard InChI is InChI=1S/C13H14N4/c1-10-8-9-14-13(15-10)17-16-11(2)12-6-4-3-5-7-12/h3-9H,1-2H3,(H,14,15,17)/b16-11-. The summed E-state index contributed by atoms with van der Waals surface area (Å²) in [5.74, 6) is 0.514. The van der Waals surface area contributed by atoms with Crippen LogP contribution in [-0.4, -0.2) is 15.7 Å². The molecule has 4 heteroatoms. The molecule has 0 bridgehead atoms. The van der Waals surface area contributed by atoms with Crippen LogP contribution in [0.5, 0.6) is 0 Å². The van der Waals surface area contributed by atoms with Crippen molar-refractivity contribution in [2.24, 2.45) is 5.10 Å². The predicted octanol–water partition coefficient (Wildman–Crippen LogP) is 2.62. The van der Waals surface area contributed by atoms with Crippen molar-refractivity contribution < 1.29 is 0 Å². The molecule has 2 rings (SSSR count). The molecule has 0 saturated carbocycles. The lowest BCUT2D eigenvalue weighted by atomic mass is 10.1. The molecule has 1 heterocycles. The minimum absolute atomic E-state index is 0.514. The van der Waals surface area contributed by atoms with Crippen molar-refractivity contribution in [3.8, 4) is 0 Å². The third kappa shape index (κ3) is 3.11. The summed E-state index contributed by atoms with van der Waals surface area (Å²) in [5.41, 5.74) is 5.74. The molecule has 0 saturated heterocycles. The number of aryl methyl sites for hydroxylation is 1. The fraction of sp³-hybridized carbons (Fsp3) is 0.154. The van der Waals surface area contributed by atoms with Gasteiger partial charge in [0, 0.05) is 11.9 Å². The molecule has 86 valence electrons. The molecule has 17 heavy (non-hydrogen) atoms. The van der Waals surface area contributed by atoms with Crippen molar-refractivity contribution in [1.29, 1.82) is 0 Å². The second-order valence-electron chi connectivity index (χ2n) is 3.70. The van der Waals surface area contributed by atoms with Gasteiger partial charge in [0.15, 0.2) is 0 Å². The van der Waals surface area contributed by atoms with Gasteiger partial charge >= 0.3 is 0 Å². The summed E-state index contributed by atoms with van der Waals surface area (Å²) in [4.78, 5) is 8.29. The molecule has 0 radical (unpaired) electrons.